The van der Waals surface area contributed by atoms with E-state index in [0.717, 1.165) is 13.1 Å². The molecule has 1 unspecified atom stereocenters. The van der Waals surface area contributed by atoms with Crippen molar-refractivity contribution in [3.63, 3.8) is 0 Å². The molecule has 0 radical (unpaired) electrons. The number of thiophene rings is 1. The van der Waals surface area contributed by atoms with E-state index < -0.39 is 0 Å². The molecule has 1 aliphatic rings. The van der Waals surface area contributed by atoms with Gasteiger partial charge in [-0.05, 0) is 47.4 Å². The van der Waals surface area contributed by atoms with Crippen LogP contribution in [0, 0.1) is 0 Å². The first-order valence-corrected chi connectivity index (χ1v) is 8.34. The van der Waals surface area contributed by atoms with Gasteiger partial charge in [0.2, 0.25) is 0 Å². The molecule has 0 bridgehead atoms. The monoisotopic (exact) mass is 343 g/mol. The molecule has 0 saturated carbocycles. The first kappa shape index (κ1) is 12.6. The van der Waals surface area contributed by atoms with E-state index in [1.54, 1.807) is 11.3 Å². The first-order valence-electron chi connectivity index (χ1n) is 5.92. The average molecular weight is 344 g/mol. The minimum absolute atomic E-state index is 0.560. The minimum Gasteiger partial charge on any atom is -0.375 e. The zero-order valence-corrected chi connectivity index (χ0v) is 13.0. The zero-order valence-electron chi connectivity index (χ0n) is 9.80. The highest BCUT2D eigenvalue weighted by Crippen LogP contribution is 2.38. The van der Waals surface area contributed by atoms with Gasteiger partial charge >= 0.3 is 0 Å². The Labute approximate surface area is 123 Å². The Morgan fingerprint density at radius 1 is 1.44 bits per heavy atom. The Balaban J connectivity index is 1.75. The van der Waals surface area contributed by atoms with Crippen LogP contribution in [0.3, 0.4) is 0 Å². The van der Waals surface area contributed by atoms with Crippen LogP contribution >= 0.6 is 38.6 Å². The second-order valence-corrected chi connectivity index (χ2v) is 8.08. The number of anilines is 1. The summed E-state index contributed by atoms with van der Waals surface area (Å²) in [7, 11) is 0. The number of hydrogen-bond donors (Lipinski definition) is 1. The molecular formula is C12H14BrN3S2. The zero-order chi connectivity index (χ0) is 12.5. The van der Waals surface area contributed by atoms with Crippen LogP contribution < -0.4 is 5.73 Å². The molecule has 3 rings (SSSR count). The summed E-state index contributed by atoms with van der Waals surface area (Å²) in [5.41, 5.74) is 5.69. The number of halogens is 1. The molecule has 3 nitrogen and oxygen atoms in total. The summed E-state index contributed by atoms with van der Waals surface area (Å²) in [4.78, 5) is 9.37. The summed E-state index contributed by atoms with van der Waals surface area (Å²) < 4.78 is 1.21. The van der Waals surface area contributed by atoms with Gasteiger partial charge in [0.05, 0.1) is 3.79 Å². The maximum atomic E-state index is 5.69. The summed E-state index contributed by atoms with van der Waals surface area (Å²) in [6, 6.07) is 4.93. The molecule has 1 aliphatic heterocycles. The number of nitrogens with two attached hydrogens (primary N) is 1. The van der Waals surface area contributed by atoms with Crippen molar-refractivity contribution in [2.75, 3.05) is 12.3 Å². The van der Waals surface area contributed by atoms with Crippen LogP contribution in [0.2, 0.25) is 0 Å². The molecule has 1 atom stereocenters. The molecule has 0 amide bonds. The first-order chi connectivity index (χ1) is 8.72. The molecule has 1 saturated heterocycles. The van der Waals surface area contributed by atoms with E-state index >= 15 is 0 Å². The Kier molecular flexibility index (Phi) is 3.70. The molecule has 18 heavy (non-hydrogen) atoms. The van der Waals surface area contributed by atoms with Gasteiger partial charge in [-0.2, -0.15) is 0 Å². The highest BCUT2D eigenvalue weighted by atomic mass is 79.9. The molecule has 6 heteroatoms. The van der Waals surface area contributed by atoms with Crippen molar-refractivity contribution in [1.82, 2.24) is 9.88 Å². The third-order valence-corrected chi connectivity index (χ3v) is 5.75. The lowest BCUT2D eigenvalue weighted by atomic mass is 10.2. The van der Waals surface area contributed by atoms with Crippen molar-refractivity contribution >= 4 is 43.7 Å². The average Bonchev–Trinajstić information content (AvgIpc) is 3.01. The quantitative estimate of drug-likeness (QED) is 0.919. The lowest BCUT2D eigenvalue weighted by Gasteiger charge is -2.22. The smallest absolute Gasteiger partial charge is 0.180 e. The second kappa shape index (κ2) is 5.28. The molecule has 96 valence electrons. The number of nitrogens with zero attached hydrogens (tertiary/aromatic N) is 2. The fraction of sp³-hybridized carbons (Fsp3) is 0.417. The second-order valence-electron chi connectivity index (χ2n) is 4.44. The lowest BCUT2D eigenvalue weighted by Crippen LogP contribution is -2.21. The van der Waals surface area contributed by atoms with Gasteiger partial charge in [-0.15, -0.1) is 22.7 Å². The minimum atomic E-state index is 0.560. The van der Waals surface area contributed by atoms with E-state index in [-0.39, 0.29) is 0 Å². The Bertz CT molecular complexity index is 537. The number of aromatic nitrogens is 1. The van der Waals surface area contributed by atoms with Crippen LogP contribution in [-0.2, 0) is 6.54 Å². The molecule has 1 fully saturated rings. The predicted octanol–water partition coefficient (Wildman–Crippen LogP) is 3.89. The summed E-state index contributed by atoms with van der Waals surface area (Å²) in [6.45, 7) is 2.13. The maximum Gasteiger partial charge on any atom is 0.180 e. The number of rotatable bonds is 3. The fourth-order valence-electron chi connectivity index (χ4n) is 2.44. The Morgan fingerprint density at radius 2 is 2.33 bits per heavy atom. The summed E-state index contributed by atoms with van der Waals surface area (Å²) in [6.07, 6.45) is 4.43. The summed E-state index contributed by atoms with van der Waals surface area (Å²) >= 11 is 6.98. The van der Waals surface area contributed by atoms with Crippen molar-refractivity contribution in [2.45, 2.75) is 25.4 Å². The number of likely N-dealkylation sites (tertiary alicyclic amines) is 1. The number of nitrogen functional groups attached to an aromatic ring is 1. The molecule has 0 aliphatic carbocycles. The Hall–Kier alpha value is -0.430. The van der Waals surface area contributed by atoms with Gasteiger partial charge in [0, 0.05) is 28.5 Å². The SMILES string of the molecule is Nc1ncc(CN2CCCC2c2ccc(Br)s2)s1. The fourth-order valence-corrected chi connectivity index (χ4v) is 4.74. The van der Waals surface area contributed by atoms with Crippen molar-refractivity contribution in [3.05, 3.63) is 31.9 Å². The van der Waals surface area contributed by atoms with E-state index in [4.69, 9.17) is 5.73 Å². The Morgan fingerprint density at radius 3 is 3.00 bits per heavy atom. The van der Waals surface area contributed by atoms with Crippen molar-refractivity contribution in [3.8, 4) is 0 Å². The van der Waals surface area contributed by atoms with E-state index in [1.165, 1.54) is 26.4 Å². The van der Waals surface area contributed by atoms with E-state index in [0.29, 0.717) is 11.2 Å². The van der Waals surface area contributed by atoms with Gasteiger partial charge in [0.25, 0.3) is 0 Å². The molecule has 0 aromatic carbocycles. The number of hydrogen-bond acceptors (Lipinski definition) is 5. The van der Waals surface area contributed by atoms with Gasteiger partial charge in [-0.25, -0.2) is 4.98 Å². The standard InChI is InChI=1S/C12H14BrN3S2/c13-11-4-3-10(18-11)9-2-1-5-16(9)7-8-6-15-12(14)17-8/h3-4,6,9H,1-2,5,7H2,(H2,14,15). The topological polar surface area (TPSA) is 42.1 Å². The predicted molar refractivity (Wildman–Crippen MR) is 80.9 cm³/mol. The highest BCUT2D eigenvalue weighted by molar-refractivity contribution is 9.11. The molecule has 2 aromatic heterocycles. The third kappa shape index (κ3) is 2.61. The van der Waals surface area contributed by atoms with Crippen LogP contribution in [0.15, 0.2) is 22.1 Å². The molecular weight excluding hydrogens is 330 g/mol. The van der Waals surface area contributed by atoms with Gasteiger partial charge in [-0.1, -0.05) is 0 Å². The normalized spacial score (nSPS) is 20.6. The van der Waals surface area contributed by atoms with Crippen LogP contribution in [0.1, 0.15) is 28.6 Å². The van der Waals surface area contributed by atoms with E-state index in [9.17, 15) is 0 Å². The van der Waals surface area contributed by atoms with Crippen LogP contribution in [-0.4, -0.2) is 16.4 Å². The lowest BCUT2D eigenvalue weighted by molar-refractivity contribution is 0.254. The van der Waals surface area contributed by atoms with Crippen LogP contribution in [0.25, 0.3) is 0 Å². The van der Waals surface area contributed by atoms with Crippen molar-refractivity contribution in [1.29, 1.82) is 0 Å². The van der Waals surface area contributed by atoms with Gasteiger partial charge in [0.15, 0.2) is 5.13 Å². The molecule has 2 N–H and O–H groups in total. The van der Waals surface area contributed by atoms with Gasteiger partial charge < -0.3 is 5.73 Å². The highest BCUT2D eigenvalue weighted by Gasteiger charge is 2.27. The van der Waals surface area contributed by atoms with Gasteiger partial charge in [0.1, 0.15) is 0 Å². The van der Waals surface area contributed by atoms with Crippen LogP contribution in [0.5, 0.6) is 0 Å². The van der Waals surface area contributed by atoms with Crippen LogP contribution in [0.4, 0.5) is 5.13 Å². The maximum absolute atomic E-state index is 5.69. The summed E-state index contributed by atoms with van der Waals surface area (Å²) in [5, 5.41) is 0.666. The number of thiazole rings is 1. The third-order valence-electron chi connectivity index (χ3n) is 3.22. The molecule has 0 spiro atoms. The van der Waals surface area contributed by atoms with E-state index in [2.05, 4.69) is 37.9 Å². The molecule has 3 heterocycles. The van der Waals surface area contributed by atoms with E-state index in [1.807, 2.05) is 17.5 Å². The largest absolute Gasteiger partial charge is 0.375 e. The van der Waals surface area contributed by atoms with Crippen molar-refractivity contribution < 1.29 is 0 Å². The summed E-state index contributed by atoms with van der Waals surface area (Å²) in [5.74, 6) is 0. The molecule has 2 aromatic rings. The van der Waals surface area contributed by atoms with Crippen molar-refractivity contribution in [2.24, 2.45) is 0 Å². The van der Waals surface area contributed by atoms with Gasteiger partial charge in [-0.3, -0.25) is 4.90 Å².